The van der Waals surface area contributed by atoms with E-state index < -0.39 is 0 Å². The van der Waals surface area contributed by atoms with Gasteiger partial charge in [0.1, 0.15) is 6.04 Å². The van der Waals surface area contributed by atoms with Gasteiger partial charge in [0.15, 0.2) is 0 Å². The van der Waals surface area contributed by atoms with E-state index in [0.29, 0.717) is 6.61 Å². The number of morpholine rings is 1. The number of cyclic esters (lactones) is 1. The van der Waals surface area contributed by atoms with Gasteiger partial charge in [0.25, 0.3) is 0 Å². The van der Waals surface area contributed by atoms with Gasteiger partial charge in [-0.05, 0) is 7.05 Å². The van der Waals surface area contributed by atoms with E-state index in [0.717, 1.165) is 32.7 Å². The fraction of sp³-hybridized carbons (Fsp3) is 0.900. The van der Waals surface area contributed by atoms with Crippen molar-refractivity contribution in [1.82, 2.24) is 10.2 Å². The minimum absolute atomic E-state index is 0.124. The number of esters is 1. The van der Waals surface area contributed by atoms with E-state index in [1.165, 1.54) is 0 Å². The van der Waals surface area contributed by atoms with Gasteiger partial charge in [-0.3, -0.25) is 4.79 Å². The van der Waals surface area contributed by atoms with Crippen LogP contribution in [0.15, 0.2) is 0 Å². The normalized spacial score (nSPS) is 33.0. The van der Waals surface area contributed by atoms with Crippen LogP contribution in [-0.4, -0.2) is 62.9 Å². The molecule has 2 fully saturated rings. The second-order valence-electron chi connectivity index (χ2n) is 4.17. The van der Waals surface area contributed by atoms with Crippen LogP contribution in [0.5, 0.6) is 0 Å². The standard InChI is InChI=1S/C10H18N2O3/c1-12-3-5-14-8(7-12)6-11-9-2-4-15-10(9)13/h8-9,11H,2-7H2,1H3/t8-,9+/m0/s1. The molecule has 0 radical (unpaired) electrons. The van der Waals surface area contributed by atoms with Crippen molar-refractivity contribution in [3.8, 4) is 0 Å². The van der Waals surface area contributed by atoms with Gasteiger partial charge in [-0.15, -0.1) is 0 Å². The molecule has 0 aliphatic carbocycles. The zero-order valence-corrected chi connectivity index (χ0v) is 9.07. The van der Waals surface area contributed by atoms with Gasteiger partial charge in [0.05, 0.1) is 19.3 Å². The highest BCUT2D eigenvalue weighted by Crippen LogP contribution is 2.07. The molecule has 2 aliphatic rings. The maximum atomic E-state index is 11.2. The first-order valence-corrected chi connectivity index (χ1v) is 5.46. The number of nitrogens with one attached hydrogen (secondary N) is 1. The van der Waals surface area contributed by atoms with Crippen molar-refractivity contribution in [3.05, 3.63) is 0 Å². The zero-order chi connectivity index (χ0) is 10.7. The number of carbonyl (C=O) groups is 1. The summed E-state index contributed by atoms with van der Waals surface area (Å²) >= 11 is 0. The number of hydrogen-bond donors (Lipinski definition) is 1. The molecule has 2 rings (SSSR count). The summed E-state index contributed by atoms with van der Waals surface area (Å²) in [4.78, 5) is 13.4. The van der Waals surface area contributed by atoms with E-state index >= 15 is 0 Å². The Balaban J connectivity index is 1.70. The van der Waals surface area contributed by atoms with E-state index in [9.17, 15) is 4.79 Å². The van der Waals surface area contributed by atoms with Gasteiger partial charge < -0.3 is 19.7 Å². The first-order valence-electron chi connectivity index (χ1n) is 5.46. The molecule has 0 aromatic rings. The third kappa shape index (κ3) is 2.90. The smallest absolute Gasteiger partial charge is 0.323 e. The number of carbonyl (C=O) groups excluding carboxylic acids is 1. The molecule has 0 amide bonds. The second-order valence-corrected chi connectivity index (χ2v) is 4.17. The number of rotatable bonds is 3. The Kier molecular flexibility index (Phi) is 3.56. The fourth-order valence-corrected chi connectivity index (χ4v) is 1.95. The predicted molar refractivity (Wildman–Crippen MR) is 54.6 cm³/mol. The molecular formula is C10H18N2O3. The van der Waals surface area contributed by atoms with Crippen LogP contribution in [0.1, 0.15) is 6.42 Å². The van der Waals surface area contributed by atoms with Crippen molar-refractivity contribution in [2.24, 2.45) is 0 Å². The molecule has 1 N–H and O–H groups in total. The summed E-state index contributed by atoms with van der Waals surface area (Å²) in [6.45, 7) is 3.96. The molecule has 2 saturated heterocycles. The van der Waals surface area contributed by atoms with Gasteiger partial charge in [0.2, 0.25) is 0 Å². The molecule has 2 aliphatic heterocycles. The van der Waals surface area contributed by atoms with Crippen molar-refractivity contribution < 1.29 is 14.3 Å². The zero-order valence-electron chi connectivity index (χ0n) is 9.07. The monoisotopic (exact) mass is 214 g/mol. The Hall–Kier alpha value is -0.650. The predicted octanol–water partition coefficient (Wildman–Crippen LogP) is -0.778. The molecule has 5 heteroatoms. The Morgan fingerprint density at radius 2 is 2.40 bits per heavy atom. The van der Waals surface area contributed by atoms with Gasteiger partial charge in [-0.25, -0.2) is 0 Å². The second kappa shape index (κ2) is 4.92. The van der Waals surface area contributed by atoms with E-state index in [-0.39, 0.29) is 18.1 Å². The number of nitrogens with zero attached hydrogens (tertiary/aromatic N) is 1. The summed E-state index contributed by atoms with van der Waals surface area (Å²) in [5.74, 6) is -0.126. The molecule has 15 heavy (non-hydrogen) atoms. The molecule has 2 atom stereocenters. The third-order valence-corrected chi connectivity index (χ3v) is 2.87. The Morgan fingerprint density at radius 1 is 1.53 bits per heavy atom. The van der Waals surface area contributed by atoms with Crippen LogP contribution in [0, 0.1) is 0 Å². The van der Waals surface area contributed by atoms with Crippen LogP contribution >= 0.6 is 0 Å². The van der Waals surface area contributed by atoms with E-state index in [1.807, 2.05) is 0 Å². The molecule has 0 aromatic carbocycles. The molecule has 5 nitrogen and oxygen atoms in total. The Bertz CT molecular complexity index is 235. The van der Waals surface area contributed by atoms with Crippen molar-refractivity contribution in [1.29, 1.82) is 0 Å². The highest BCUT2D eigenvalue weighted by Gasteiger charge is 2.27. The lowest BCUT2D eigenvalue weighted by Gasteiger charge is -2.30. The van der Waals surface area contributed by atoms with E-state index in [4.69, 9.17) is 9.47 Å². The highest BCUT2D eigenvalue weighted by atomic mass is 16.5. The van der Waals surface area contributed by atoms with Crippen molar-refractivity contribution in [2.75, 3.05) is 39.9 Å². The maximum absolute atomic E-state index is 11.2. The molecule has 0 spiro atoms. The summed E-state index contributed by atoms with van der Waals surface area (Å²) < 4.78 is 10.5. The third-order valence-electron chi connectivity index (χ3n) is 2.87. The van der Waals surface area contributed by atoms with Gasteiger partial charge in [-0.1, -0.05) is 0 Å². The molecular weight excluding hydrogens is 196 g/mol. The quantitative estimate of drug-likeness (QED) is 0.625. The van der Waals surface area contributed by atoms with Crippen LogP contribution in [0.2, 0.25) is 0 Å². The summed E-state index contributed by atoms with van der Waals surface area (Å²) in [5, 5.41) is 3.20. The lowest BCUT2D eigenvalue weighted by Crippen LogP contribution is -2.47. The lowest BCUT2D eigenvalue weighted by molar-refractivity contribution is -0.139. The summed E-state index contributed by atoms with van der Waals surface area (Å²) in [6.07, 6.45) is 0.971. The van der Waals surface area contributed by atoms with Gasteiger partial charge in [0, 0.05) is 26.1 Å². The largest absolute Gasteiger partial charge is 0.464 e. The van der Waals surface area contributed by atoms with Gasteiger partial charge >= 0.3 is 5.97 Å². The molecule has 0 saturated carbocycles. The average molecular weight is 214 g/mol. The first-order chi connectivity index (χ1) is 7.25. The topological polar surface area (TPSA) is 50.8 Å². The summed E-state index contributed by atoms with van der Waals surface area (Å²) in [6, 6.07) is -0.124. The molecule has 86 valence electrons. The van der Waals surface area contributed by atoms with Gasteiger partial charge in [-0.2, -0.15) is 0 Å². The minimum atomic E-state index is -0.126. The molecule has 2 heterocycles. The molecule has 0 unspecified atom stereocenters. The lowest BCUT2D eigenvalue weighted by atomic mass is 10.2. The van der Waals surface area contributed by atoms with Crippen molar-refractivity contribution >= 4 is 5.97 Å². The van der Waals surface area contributed by atoms with Crippen LogP contribution in [-0.2, 0) is 14.3 Å². The Morgan fingerprint density at radius 3 is 3.07 bits per heavy atom. The maximum Gasteiger partial charge on any atom is 0.323 e. The van der Waals surface area contributed by atoms with Crippen LogP contribution in [0.3, 0.4) is 0 Å². The molecule has 0 aromatic heterocycles. The van der Waals surface area contributed by atoms with E-state index in [1.54, 1.807) is 0 Å². The summed E-state index contributed by atoms with van der Waals surface area (Å²) in [7, 11) is 2.08. The molecule has 0 bridgehead atoms. The van der Waals surface area contributed by atoms with Crippen LogP contribution in [0.4, 0.5) is 0 Å². The van der Waals surface area contributed by atoms with Crippen LogP contribution in [0.25, 0.3) is 0 Å². The average Bonchev–Trinajstić information content (AvgIpc) is 2.61. The van der Waals surface area contributed by atoms with Crippen LogP contribution < -0.4 is 5.32 Å². The Labute approximate surface area is 89.7 Å². The first kappa shape index (κ1) is 10.9. The van der Waals surface area contributed by atoms with Crippen molar-refractivity contribution in [2.45, 2.75) is 18.6 Å². The SMILES string of the molecule is CN1CCO[C@@H](CN[C@@H]2CCOC2=O)C1. The number of ether oxygens (including phenoxy) is 2. The highest BCUT2D eigenvalue weighted by molar-refractivity contribution is 5.77. The summed E-state index contributed by atoms with van der Waals surface area (Å²) in [5.41, 5.74) is 0. The van der Waals surface area contributed by atoms with Crippen molar-refractivity contribution in [3.63, 3.8) is 0 Å². The number of hydrogen-bond acceptors (Lipinski definition) is 5. The van der Waals surface area contributed by atoms with E-state index in [2.05, 4.69) is 17.3 Å². The minimum Gasteiger partial charge on any atom is -0.464 e. The number of likely N-dealkylation sites (N-methyl/N-ethyl adjacent to an activating group) is 1. The fourth-order valence-electron chi connectivity index (χ4n) is 1.95.